The molecule has 0 unspecified atom stereocenters. The number of nitrogens with zero attached hydrogens (tertiary/aromatic N) is 1. The molecule has 0 bridgehead atoms. The molecule has 1 saturated carbocycles. The van der Waals surface area contributed by atoms with Crippen LogP contribution in [-0.4, -0.2) is 27.7 Å². The van der Waals surface area contributed by atoms with E-state index in [1.807, 2.05) is 0 Å². The Morgan fingerprint density at radius 3 is 2.82 bits per heavy atom. The van der Waals surface area contributed by atoms with Crippen molar-refractivity contribution in [1.82, 2.24) is 9.97 Å². The van der Waals surface area contributed by atoms with E-state index in [9.17, 15) is 4.79 Å². The topological polar surface area (TPSA) is 78.0 Å². The molecule has 0 aliphatic heterocycles. The van der Waals surface area contributed by atoms with Gasteiger partial charge in [-0.2, -0.15) is 0 Å². The van der Waals surface area contributed by atoms with E-state index >= 15 is 0 Å². The molecule has 1 aliphatic carbocycles. The maximum absolute atomic E-state index is 11.4. The number of rotatable bonds is 3. The van der Waals surface area contributed by atoms with Crippen LogP contribution in [0.1, 0.15) is 25.7 Å². The third-order valence-corrected chi connectivity index (χ3v) is 3.98. The van der Waals surface area contributed by atoms with E-state index in [0.717, 1.165) is 25.7 Å². The summed E-state index contributed by atoms with van der Waals surface area (Å²) < 4.78 is 0.448. The molecule has 1 aromatic heterocycles. The number of aliphatic hydroxyl groups is 1. The second-order valence-corrected chi connectivity index (χ2v) is 5.23. The monoisotopic (exact) mass is 301 g/mol. The summed E-state index contributed by atoms with van der Waals surface area (Å²) in [5, 5.41) is 12.3. The molecule has 1 fully saturated rings. The lowest BCUT2D eigenvalue weighted by atomic mass is 9.86. The fourth-order valence-corrected chi connectivity index (χ4v) is 2.50. The molecule has 1 aromatic rings. The number of nitrogens with one attached hydrogen (secondary N) is 2. The molecule has 1 heterocycles. The molecule has 0 spiro atoms. The van der Waals surface area contributed by atoms with Gasteiger partial charge in [-0.25, -0.2) is 4.98 Å². The Balaban J connectivity index is 1.98. The van der Waals surface area contributed by atoms with Crippen molar-refractivity contribution in [2.75, 3.05) is 11.9 Å². The first-order valence-electron chi connectivity index (χ1n) is 5.81. The maximum atomic E-state index is 11.4. The summed E-state index contributed by atoms with van der Waals surface area (Å²) >= 11 is 3.22. The summed E-state index contributed by atoms with van der Waals surface area (Å²) in [5.41, 5.74) is -0.174. The van der Waals surface area contributed by atoms with Crippen LogP contribution in [0.2, 0.25) is 0 Å². The zero-order valence-electron chi connectivity index (χ0n) is 9.45. The van der Waals surface area contributed by atoms with Crippen molar-refractivity contribution in [2.45, 2.75) is 31.7 Å². The Labute approximate surface area is 108 Å². The van der Waals surface area contributed by atoms with E-state index in [-0.39, 0.29) is 12.2 Å². The minimum Gasteiger partial charge on any atom is -0.396 e. The van der Waals surface area contributed by atoms with Gasteiger partial charge in [-0.3, -0.25) is 4.79 Å². The highest BCUT2D eigenvalue weighted by molar-refractivity contribution is 9.10. The third-order valence-electron chi connectivity index (χ3n) is 3.24. The summed E-state index contributed by atoms with van der Waals surface area (Å²) in [4.78, 5) is 18.0. The number of hydrogen-bond acceptors (Lipinski definition) is 4. The zero-order valence-corrected chi connectivity index (χ0v) is 11.0. The van der Waals surface area contributed by atoms with E-state index in [0.29, 0.717) is 22.3 Å². The number of aliphatic hydroxyl groups excluding tert-OH is 1. The number of H-pyrrole nitrogens is 1. The number of anilines is 1. The summed E-state index contributed by atoms with van der Waals surface area (Å²) in [5.74, 6) is 1.03. The number of hydrogen-bond donors (Lipinski definition) is 3. The molecule has 2 rings (SSSR count). The first-order chi connectivity index (χ1) is 8.20. The predicted octanol–water partition coefficient (Wildman–Crippen LogP) is 1.50. The summed E-state index contributed by atoms with van der Waals surface area (Å²) in [6, 6.07) is 0.336. The molecule has 6 heteroatoms. The number of aromatic nitrogens is 2. The molecule has 17 heavy (non-hydrogen) atoms. The average molecular weight is 302 g/mol. The van der Waals surface area contributed by atoms with Crippen LogP contribution in [0.3, 0.4) is 0 Å². The van der Waals surface area contributed by atoms with E-state index in [1.165, 1.54) is 6.33 Å². The second-order valence-electron chi connectivity index (χ2n) is 4.44. The highest BCUT2D eigenvalue weighted by Gasteiger charge is 2.21. The Hall–Kier alpha value is -0.880. The van der Waals surface area contributed by atoms with Crippen LogP contribution in [0, 0.1) is 5.92 Å². The molecule has 94 valence electrons. The van der Waals surface area contributed by atoms with E-state index in [4.69, 9.17) is 5.11 Å². The van der Waals surface area contributed by atoms with Gasteiger partial charge in [-0.05, 0) is 47.5 Å². The van der Waals surface area contributed by atoms with E-state index in [1.54, 1.807) is 0 Å². The lowest BCUT2D eigenvalue weighted by Gasteiger charge is -2.28. The molecule has 0 atom stereocenters. The van der Waals surface area contributed by atoms with Crippen molar-refractivity contribution in [3.05, 3.63) is 21.2 Å². The standard InChI is InChI=1S/C11H16BrN3O2/c12-9-10(13-6-14-11(9)17)15-8-3-1-7(5-16)2-4-8/h6-8,16H,1-5H2,(H2,13,14,15,17). The largest absolute Gasteiger partial charge is 0.396 e. The van der Waals surface area contributed by atoms with Gasteiger partial charge in [0.1, 0.15) is 10.3 Å². The normalized spacial score (nSPS) is 24.6. The lowest BCUT2D eigenvalue weighted by molar-refractivity contribution is 0.185. The second kappa shape index (κ2) is 5.64. The van der Waals surface area contributed by atoms with Gasteiger partial charge < -0.3 is 15.4 Å². The number of halogens is 1. The Morgan fingerprint density at radius 2 is 2.18 bits per heavy atom. The van der Waals surface area contributed by atoms with Crippen LogP contribution in [-0.2, 0) is 0 Å². The van der Waals surface area contributed by atoms with Gasteiger partial charge >= 0.3 is 0 Å². The predicted molar refractivity (Wildman–Crippen MR) is 69.0 cm³/mol. The van der Waals surface area contributed by atoms with Gasteiger partial charge in [0, 0.05) is 12.6 Å². The molecule has 5 nitrogen and oxygen atoms in total. The van der Waals surface area contributed by atoms with Gasteiger partial charge in [-0.15, -0.1) is 0 Å². The van der Waals surface area contributed by atoms with E-state index in [2.05, 4.69) is 31.2 Å². The summed E-state index contributed by atoms with van der Waals surface area (Å²) in [7, 11) is 0. The SMILES string of the molecule is O=c1[nH]cnc(NC2CCC(CO)CC2)c1Br. The van der Waals surface area contributed by atoms with Crippen molar-refractivity contribution >= 4 is 21.7 Å². The molecular weight excluding hydrogens is 286 g/mol. The van der Waals surface area contributed by atoms with E-state index < -0.39 is 0 Å². The van der Waals surface area contributed by atoms with Crippen molar-refractivity contribution in [2.24, 2.45) is 5.92 Å². The van der Waals surface area contributed by atoms with Gasteiger partial charge in [0.25, 0.3) is 5.56 Å². The number of aromatic amines is 1. The van der Waals surface area contributed by atoms with Crippen LogP contribution in [0.25, 0.3) is 0 Å². The average Bonchev–Trinajstić information content (AvgIpc) is 2.36. The summed E-state index contributed by atoms with van der Waals surface area (Å²) in [6.07, 6.45) is 5.46. The smallest absolute Gasteiger partial charge is 0.267 e. The first-order valence-corrected chi connectivity index (χ1v) is 6.60. The van der Waals surface area contributed by atoms with Gasteiger partial charge in [0.05, 0.1) is 6.33 Å². The fourth-order valence-electron chi connectivity index (χ4n) is 2.17. The molecule has 0 saturated heterocycles. The van der Waals surface area contributed by atoms with Crippen LogP contribution in [0.4, 0.5) is 5.82 Å². The molecule has 0 amide bonds. The highest BCUT2D eigenvalue weighted by atomic mass is 79.9. The quantitative estimate of drug-likeness (QED) is 0.790. The van der Waals surface area contributed by atoms with Crippen LogP contribution < -0.4 is 10.9 Å². The minimum absolute atomic E-state index is 0.174. The first kappa shape index (κ1) is 12.6. The van der Waals surface area contributed by atoms with Crippen LogP contribution in [0.15, 0.2) is 15.6 Å². The summed E-state index contributed by atoms with van der Waals surface area (Å²) in [6.45, 7) is 0.277. The third kappa shape index (κ3) is 3.07. The van der Waals surface area contributed by atoms with Crippen LogP contribution >= 0.6 is 15.9 Å². The van der Waals surface area contributed by atoms with Gasteiger partial charge in [-0.1, -0.05) is 0 Å². The molecule has 0 aromatic carbocycles. The Kier molecular flexibility index (Phi) is 4.17. The minimum atomic E-state index is -0.174. The molecular formula is C11H16BrN3O2. The molecule has 3 N–H and O–H groups in total. The van der Waals surface area contributed by atoms with Crippen molar-refractivity contribution < 1.29 is 5.11 Å². The van der Waals surface area contributed by atoms with Crippen LogP contribution in [0.5, 0.6) is 0 Å². The van der Waals surface area contributed by atoms with Crippen molar-refractivity contribution in [1.29, 1.82) is 0 Å². The Bertz CT molecular complexity index is 427. The zero-order chi connectivity index (χ0) is 12.3. The molecule has 1 aliphatic rings. The van der Waals surface area contributed by atoms with Crippen molar-refractivity contribution in [3.8, 4) is 0 Å². The molecule has 0 radical (unpaired) electrons. The maximum Gasteiger partial charge on any atom is 0.267 e. The van der Waals surface area contributed by atoms with Crippen molar-refractivity contribution in [3.63, 3.8) is 0 Å². The fraction of sp³-hybridized carbons (Fsp3) is 0.636. The highest BCUT2D eigenvalue weighted by Crippen LogP contribution is 2.26. The lowest BCUT2D eigenvalue weighted by Crippen LogP contribution is -2.28. The Morgan fingerprint density at radius 1 is 1.47 bits per heavy atom. The van der Waals surface area contributed by atoms with Gasteiger partial charge in [0.2, 0.25) is 0 Å². The van der Waals surface area contributed by atoms with Gasteiger partial charge in [0.15, 0.2) is 0 Å².